The maximum Gasteiger partial charge on any atom is 0.123 e. The first kappa shape index (κ1) is 7.28. The molecule has 0 unspecified atom stereocenters. The van der Waals surface area contributed by atoms with E-state index in [0.29, 0.717) is 0 Å². The van der Waals surface area contributed by atoms with Crippen molar-refractivity contribution in [3.63, 3.8) is 0 Å². The Morgan fingerprint density at radius 2 is 2.40 bits per heavy atom. The highest BCUT2D eigenvalue weighted by Gasteiger charge is 1.99. The lowest BCUT2D eigenvalue weighted by Crippen LogP contribution is -2.19. The molecule has 3 heteroatoms. The molecule has 0 aliphatic rings. The van der Waals surface area contributed by atoms with Crippen molar-refractivity contribution in [1.82, 2.24) is 9.88 Å². The molecule has 0 atom stereocenters. The molecule has 0 bridgehead atoms. The molecule has 0 radical (unpaired) electrons. The van der Waals surface area contributed by atoms with Crippen molar-refractivity contribution in [2.45, 2.75) is 0 Å². The van der Waals surface area contributed by atoms with Crippen LogP contribution in [-0.4, -0.2) is 16.6 Å². The molecule has 54 valence electrons. The number of aromatic nitrogens is 1. The van der Waals surface area contributed by atoms with Gasteiger partial charge in [-0.15, -0.1) is 0 Å². The van der Waals surface area contributed by atoms with Crippen LogP contribution in [0.15, 0.2) is 18.3 Å². The molecule has 0 spiro atoms. The van der Waals surface area contributed by atoms with Crippen molar-refractivity contribution >= 4 is 17.2 Å². The molecule has 0 fully saturated rings. The number of nitrogens with one attached hydrogen (secondary N) is 1. The van der Waals surface area contributed by atoms with E-state index in [-0.39, 0.29) is 0 Å². The van der Waals surface area contributed by atoms with Crippen molar-refractivity contribution in [3.8, 4) is 0 Å². The molecule has 1 rings (SSSR count). The van der Waals surface area contributed by atoms with Crippen molar-refractivity contribution in [2.24, 2.45) is 7.05 Å². The van der Waals surface area contributed by atoms with Crippen LogP contribution in [0, 0.1) is 0 Å². The van der Waals surface area contributed by atoms with Crippen LogP contribution >= 0.6 is 12.2 Å². The zero-order chi connectivity index (χ0) is 7.56. The highest BCUT2D eigenvalue weighted by molar-refractivity contribution is 7.80. The minimum absolute atomic E-state index is 0.785. The van der Waals surface area contributed by atoms with E-state index in [1.54, 1.807) is 0 Å². The van der Waals surface area contributed by atoms with Gasteiger partial charge >= 0.3 is 0 Å². The van der Waals surface area contributed by atoms with Gasteiger partial charge in [0, 0.05) is 20.3 Å². The fourth-order valence-corrected chi connectivity index (χ4v) is 1.04. The number of thiocarbonyl (C=S) groups is 1. The third-order valence-electron chi connectivity index (χ3n) is 1.40. The van der Waals surface area contributed by atoms with Crippen LogP contribution in [0.25, 0.3) is 0 Å². The highest BCUT2D eigenvalue weighted by Crippen LogP contribution is 1.98. The van der Waals surface area contributed by atoms with Gasteiger partial charge in [0.1, 0.15) is 4.99 Å². The SMILES string of the molecule is CNC(=S)c1cccn1C. The van der Waals surface area contributed by atoms with Crippen LogP contribution in [0.1, 0.15) is 5.69 Å². The van der Waals surface area contributed by atoms with Gasteiger partial charge in [0.25, 0.3) is 0 Å². The van der Waals surface area contributed by atoms with Crippen LogP contribution in [-0.2, 0) is 7.05 Å². The van der Waals surface area contributed by atoms with Gasteiger partial charge in [-0.2, -0.15) is 0 Å². The van der Waals surface area contributed by atoms with E-state index >= 15 is 0 Å². The van der Waals surface area contributed by atoms with Gasteiger partial charge < -0.3 is 9.88 Å². The van der Waals surface area contributed by atoms with Gasteiger partial charge in [-0.3, -0.25) is 0 Å². The Bertz CT molecular complexity index is 240. The molecule has 2 nitrogen and oxygen atoms in total. The van der Waals surface area contributed by atoms with E-state index in [4.69, 9.17) is 12.2 Å². The van der Waals surface area contributed by atoms with E-state index in [1.165, 1.54) is 0 Å². The molecule has 1 aromatic rings. The summed E-state index contributed by atoms with van der Waals surface area (Å²) < 4.78 is 1.98. The van der Waals surface area contributed by atoms with E-state index in [0.717, 1.165) is 10.7 Å². The predicted octanol–water partition coefficient (Wildman–Crippen LogP) is 0.920. The van der Waals surface area contributed by atoms with E-state index in [1.807, 2.05) is 37.0 Å². The molecular formula is C7H10N2S. The summed E-state index contributed by atoms with van der Waals surface area (Å²) in [7, 11) is 3.80. The Kier molecular flexibility index (Phi) is 2.06. The van der Waals surface area contributed by atoms with E-state index in [2.05, 4.69) is 5.32 Å². The lowest BCUT2D eigenvalue weighted by Gasteiger charge is -2.02. The minimum Gasteiger partial charge on any atom is -0.378 e. The third-order valence-corrected chi connectivity index (χ3v) is 1.82. The molecule has 0 saturated carbocycles. The van der Waals surface area contributed by atoms with Crippen LogP contribution in [0.2, 0.25) is 0 Å². The first-order valence-corrected chi connectivity index (χ1v) is 3.50. The first-order valence-electron chi connectivity index (χ1n) is 3.09. The average Bonchev–Trinajstić information content (AvgIpc) is 2.34. The fraction of sp³-hybridized carbons (Fsp3) is 0.286. The number of nitrogens with zero attached hydrogens (tertiary/aromatic N) is 1. The van der Waals surface area contributed by atoms with E-state index in [9.17, 15) is 0 Å². The second-order valence-corrected chi connectivity index (χ2v) is 2.49. The van der Waals surface area contributed by atoms with E-state index < -0.39 is 0 Å². The van der Waals surface area contributed by atoms with Gasteiger partial charge in [-0.1, -0.05) is 12.2 Å². The Balaban J connectivity index is 2.93. The zero-order valence-corrected chi connectivity index (χ0v) is 6.90. The molecule has 1 N–H and O–H groups in total. The average molecular weight is 154 g/mol. The molecule has 10 heavy (non-hydrogen) atoms. The number of hydrogen-bond acceptors (Lipinski definition) is 1. The molecule has 1 aromatic heterocycles. The Labute approximate surface area is 65.9 Å². The molecule has 0 amide bonds. The van der Waals surface area contributed by atoms with Crippen LogP contribution in [0.3, 0.4) is 0 Å². The highest BCUT2D eigenvalue weighted by atomic mass is 32.1. The molecule has 0 aliphatic carbocycles. The number of hydrogen-bond donors (Lipinski definition) is 1. The monoisotopic (exact) mass is 154 g/mol. The fourth-order valence-electron chi connectivity index (χ4n) is 0.825. The Morgan fingerprint density at radius 3 is 2.80 bits per heavy atom. The topological polar surface area (TPSA) is 17.0 Å². The van der Waals surface area contributed by atoms with Gasteiger partial charge in [-0.25, -0.2) is 0 Å². The molecule has 0 saturated heterocycles. The lowest BCUT2D eigenvalue weighted by molar-refractivity contribution is 0.909. The Hall–Kier alpha value is -0.830. The summed E-state index contributed by atoms with van der Waals surface area (Å²) in [4.78, 5) is 0.785. The maximum absolute atomic E-state index is 5.03. The van der Waals surface area contributed by atoms with Crippen molar-refractivity contribution < 1.29 is 0 Å². The molecule has 0 aliphatic heterocycles. The summed E-state index contributed by atoms with van der Waals surface area (Å²) in [5, 5.41) is 2.92. The Morgan fingerprint density at radius 1 is 1.70 bits per heavy atom. The third kappa shape index (κ3) is 1.19. The second-order valence-electron chi connectivity index (χ2n) is 2.08. The van der Waals surface area contributed by atoms with Gasteiger partial charge in [0.15, 0.2) is 0 Å². The van der Waals surface area contributed by atoms with Gasteiger partial charge in [-0.05, 0) is 12.1 Å². The smallest absolute Gasteiger partial charge is 0.123 e. The summed E-state index contributed by atoms with van der Waals surface area (Å²) in [5.74, 6) is 0. The number of rotatable bonds is 1. The first-order chi connectivity index (χ1) is 4.75. The van der Waals surface area contributed by atoms with Crippen LogP contribution < -0.4 is 5.32 Å². The normalized spacial score (nSPS) is 9.40. The van der Waals surface area contributed by atoms with Crippen LogP contribution in [0.5, 0.6) is 0 Å². The van der Waals surface area contributed by atoms with Gasteiger partial charge in [0.05, 0.1) is 5.69 Å². The standard InChI is InChI=1S/C7H10N2S/c1-8-7(10)6-4-3-5-9(6)2/h3-5H,1-2H3,(H,8,10). The van der Waals surface area contributed by atoms with Crippen molar-refractivity contribution in [3.05, 3.63) is 24.0 Å². The van der Waals surface area contributed by atoms with Crippen molar-refractivity contribution in [1.29, 1.82) is 0 Å². The summed E-state index contributed by atoms with van der Waals surface area (Å²) in [6.07, 6.45) is 1.97. The lowest BCUT2D eigenvalue weighted by atomic mass is 10.4. The predicted molar refractivity (Wildman–Crippen MR) is 46.2 cm³/mol. The maximum atomic E-state index is 5.03. The zero-order valence-electron chi connectivity index (χ0n) is 6.09. The largest absolute Gasteiger partial charge is 0.378 e. The number of aryl methyl sites for hydroxylation is 1. The summed E-state index contributed by atoms with van der Waals surface area (Å²) in [6.45, 7) is 0. The molecule has 1 heterocycles. The van der Waals surface area contributed by atoms with Gasteiger partial charge in [0.2, 0.25) is 0 Å². The second kappa shape index (κ2) is 2.84. The summed E-state index contributed by atoms with van der Waals surface area (Å²) >= 11 is 5.03. The summed E-state index contributed by atoms with van der Waals surface area (Å²) in [6, 6.07) is 3.96. The molecule has 0 aromatic carbocycles. The molecular weight excluding hydrogens is 144 g/mol. The van der Waals surface area contributed by atoms with Crippen molar-refractivity contribution in [2.75, 3.05) is 7.05 Å². The van der Waals surface area contributed by atoms with Crippen LogP contribution in [0.4, 0.5) is 0 Å². The summed E-state index contributed by atoms with van der Waals surface area (Å²) in [5.41, 5.74) is 1.05. The quantitative estimate of drug-likeness (QED) is 0.606. The minimum atomic E-state index is 0.785.